The van der Waals surface area contributed by atoms with Gasteiger partial charge in [0.15, 0.2) is 0 Å². The number of hydrogen-bond acceptors (Lipinski definition) is 2. The lowest BCUT2D eigenvalue weighted by Crippen LogP contribution is -2.02. The molecule has 0 N–H and O–H groups in total. The molecule has 0 bridgehead atoms. The largest absolute Gasteiger partial charge is 0.255 e. The van der Waals surface area contributed by atoms with E-state index in [1.807, 2.05) is 20.8 Å². The molecule has 0 spiro atoms. The molecule has 66 valence electrons. The summed E-state index contributed by atoms with van der Waals surface area (Å²) in [5.74, 6) is -0.193. The van der Waals surface area contributed by atoms with Gasteiger partial charge in [0.25, 0.3) is 0 Å². The molecule has 1 rings (SSSR count). The summed E-state index contributed by atoms with van der Waals surface area (Å²) < 4.78 is 13.0. The van der Waals surface area contributed by atoms with Gasteiger partial charge in [-0.3, -0.25) is 4.98 Å². The average molecular weight is 168 g/mol. The van der Waals surface area contributed by atoms with Gasteiger partial charge in [0, 0.05) is 6.20 Å². The van der Waals surface area contributed by atoms with E-state index in [0.717, 1.165) is 0 Å². The summed E-state index contributed by atoms with van der Waals surface area (Å²) in [4.78, 5) is 7.79. The highest BCUT2D eigenvalue weighted by atomic mass is 19.1. The van der Waals surface area contributed by atoms with Crippen molar-refractivity contribution in [2.24, 2.45) is 0 Å². The van der Waals surface area contributed by atoms with Gasteiger partial charge in [0.05, 0.1) is 11.4 Å². The zero-order chi connectivity index (χ0) is 9.14. The maximum atomic E-state index is 13.0. The van der Waals surface area contributed by atoms with Gasteiger partial charge in [-0.15, -0.1) is 0 Å². The highest BCUT2D eigenvalue weighted by molar-refractivity contribution is 5.07. The molecule has 0 unspecified atom stereocenters. The lowest BCUT2D eigenvalue weighted by Gasteiger charge is -2.04. The molecule has 12 heavy (non-hydrogen) atoms. The molecule has 1 aromatic rings. The lowest BCUT2D eigenvalue weighted by molar-refractivity contribution is 0.545. The lowest BCUT2D eigenvalue weighted by atomic mass is 10.1. The first-order valence-corrected chi connectivity index (χ1v) is 4.16. The van der Waals surface area contributed by atoms with Gasteiger partial charge in [-0.25, -0.2) is 4.98 Å². The Morgan fingerprint density at radius 3 is 2.58 bits per heavy atom. The SMILES string of the molecule is CCc1ncc(C(C)C)nc1F. The maximum Gasteiger partial charge on any atom is 0.234 e. The number of aromatic nitrogens is 2. The van der Waals surface area contributed by atoms with Crippen molar-refractivity contribution < 1.29 is 4.39 Å². The molecule has 0 saturated heterocycles. The van der Waals surface area contributed by atoms with Gasteiger partial charge in [-0.2, -0.15) is 4.39 Å². The Morgan fingerprint density at radius 1 is 1.50 bits per heavy atom. The van der Waals surface area contributed by atoms with E-state index in [0.29, 0.717) is 17.8 Å². The van der Waals surface area contributed by atoms with Crippen LogP contribution in [0.25, 0.3) is 0 Å². The van der Waals surface area contributed by atoms with E-state index in [1.54, 1.807) is 6.20 Å². The summed E-state index contributed by atoms with van der Waals surface area (Å²) in [5, 5.41) is 0. The third kappa shape index (κ3) is 1.78. The standard InChI is InChI=1S/C9H13FN2/c1-4-7-9(10)12-8(5-11-7)6(2)3/h5-6H,4H2,1-3H3. The second kappa shape index (κ2) is 3.61. The summed E-state index contributed by atoms with van der Waals surface area (Å²) in [6.07, 6.45) is 2.24. The van der Waals surface area contributed by atoms with Crippen LogP contribution in [0.15, 0.2) is 6.20 Å². The molecule has 0 atom stereocenters. The highest BCUT2D eigenvalue weighted by Gasteiger charge is 2.06. The molecular weight excluding hydrogens is 155 g/mol. The van der Waals surface area contributed by atoms with Crippen LogP contribution in [-0.2, 0) is 6.42 Å². The van der Waals surface area contributed by atoms with Gasteiger partial charge in [0.2, 0.25) is 5.95 Å². The van der Waals surface area contributed by atoms with Crippen molar-refractivity contribution in [3.63, 3.8) is 0 Å². The van der Waals surface area contributed by atoms with Gasteiger partial charge < -0.3 is 0 Å². The molecule has 0 aliphatic carbocycles. The molecule has 0 fully saturated rings. The Balaban J connectivity index is 3.02. The Hall–Kier alpha value is -0.990. The van der Waals surface area contributed by atoms with Gasteiger partial charge in [-0.05, 0) is 12.3 Å². The minimum Gasteiger partial charge on any atom is -0.255 e. The number of aryl methyl sites for hydroxylation is 1. The van der Waals surface area contributed by atoms with Crippen molar-refractivity contribution in [1.82, 2.24) is 9.97 Å². The molecule has 0 amide bonds. The van der Waals surface area contributed by atoms with E-state index in [-0.39, 0.29) is 5.92 Å². The second-order valence-electron chi connectivity index (χ2n) is 3.04. The predicted octanol–water partition coefficient (Wildman–Crippen LogP) is 2.30. The van der Waals surface area contributed by atoms with Crippen molar-refractivity contribution in [3.05, 3.63) is 23.5 Å². The third-order valence-electron chi connectivity index (χ3n) is 1.74. The third-order valence-corrected chi connectivity index (χ3v) is 1.74. The van der Waals surface area contributed by atoms with E-state index in [2.05, 4.69) is 9.97 Å². The van der Waals surface area contributed by atoms with Crippen LogP contribution in [0, 0.1) is 5.95 Å². The number of halogens is 1. The summed E-state index contributed by atoms with van der Waals surface area (Å²) in [5.41, 5.74) is 1.16. The molecule has 1 heterocycles. The van der Waals surface area contributed by atoms with Crippen LogP contribution in [0.2, 0.25) is 0 Å². The molecule has 0 aromatic carbocycles. The zero-order valence-corrected chi connectivity index (χ0v) is 7.63. The van der Waals surface area contributed by atoms with Crippen molar-refractivity contribution >= 4 is 0 Å². The Labute approximate surface area is 71.9 Å². The fourth-order valence-corrected chi connectivity index (χ4v) is 0.919. The first-order chi connectivity index (χ1) is 5.65. The predicted molar refractivity (Wildman–Crippen MR) is 45.5 cm³/mol. The number of hydrogen-bond donors (Lipinski definition) is 0. The molecule has 0 aliphatic rings. The zero-order valence-electron chi connectivity index (χ0n) is 7.63. The van der Waals surface area contributed by atoms with Gasteiger partial charge in [-0.1, -0.05) is 20.8 Å². The molecule has 3 heteroatoms. The molecule has 0 aliphatic heterocycles. The smallest absolute Gasteiger partial charge is 0.234 e. The topological polar surface area (TPSA) is 25.8 Å². The van der Waals surface area contributed by atoms with Crippen LogP contribution in [0.1, 0.15) is 38.1 Å². The quantitative estimate of drug-likeness (QED) is 0.677. The van der Waals surface area contributed by atoms with E-state index in [1.165, 1.54) is 0 Å². The van der Waals surface area contributed by atoms with E-state index in [9.17, 15) is 4.39 Å². The fraction of sp³-hybridized carbons (Fsp3) is 0.556. The summed E-state index contributed by atoms with van der Waals surface area (Å²) in [6.45, 7) is 5.80. The maximum absolute atomic E-state index is 13.0. The minimum atomic E-state index is -0.427. The molecule has 2 nitrogen and oxygen atoms in total. The Bertz CT molecular complexity index is 271. The normalized spacial score (nSPS) is 10.8. The number of rotatable bonds is 2. The van der Waals surface area contributed by atoms with Crippen LogP contribution in [-0.4, -0.2) is 9.97 Å². The fourth-order valence-electron chi connectivity index (χ4n) is 0.919. The minimum absolute atomic E-state index is 0.234. The van der Waals surface area contributed by atoms with Crippen LogP contribution >= 0.6 is 0 Å². The van der Waals surface area contributed by atoms with Crippen molar-refractivity contribution in [1.29, 1.82) is 0 Å². The molecular formula is C9H13FN2. The average Bonchev–Trinajstić information content (AvgIpc) is 2.04. The first-order valence-electron chi connectivity index (χ1n) is 4.16. The van der Waals surface area contributed by atoms with Gasteiger partial charge >= 0.3 is 0 Å². The molecule has 1 aromatic heterocycles. The van der Waals surface area contributed by atoms with Crippen molar-refractivity contribution in [2.45, 2.75) is 33.1 Å². The summed E-state index contributed by atoms with van der Waals surface area (Å²) >= 11 is 0. The van der Waals surface area contributed by atoms with E-state index < -0.39 is 5.95 Å². The summed E-state index contributed by atoms with van der Waals surface area (Å²) in [7, 11) is 0. The summed E-state index contributed by atoms with van der Waals surface area (Å²) in [6, 6.07) is 0. The van der Waals surface area contributed by atoms with Gasteiger partial charge in [0.1, 0.15) is 0 Å². The Kier molecular flexibility index (Phi) is 2.74. The van der Waals surface area contributed by atoms with E-state index in [4.69, 9.17) is 0 Å². The van der Waals surface area contributed by atoms with Crippen LogP contribution in [0.3, 0.4) is 0 Å². The van der Waals surface area contributed by atoms with Crippen LogP contribution < -0.4 is 0 Å². The molecule has 0 radical (unpaired) electrons. The Morgan fingerprint density at radius 2 is 2.17 bits per heavy atom. The van der Waals surface area contributed by atoms with E-state index >= 15 is 0 Å². The highest BCUT2D eigenvalue weighted by Crippen LogP contribution is 2.11. The first kappa shape index (κ1) is 9.10. The number of nitrogens with zero attached hydrogens (tertiary/aromatic N) is 2. The second-order valence-corrected chi connectivity index (χ2v) is 3.04. The monoisotopic (exact) mass is 168 g/mol. The van der Waals surface area contributed by atoms with Crippen molar-refractivity contribution in [3.8, 4) is 0 Å². The van der Waals surface area contributed by atoms with Crippen LogP contribution in [0.4, 0.5) is 4.39 Å². The van der Waals surface area contributed by atoms with Crippen molar-refractivity contribution in [2.75, 3.05) is 0 Å². The molecule has 0 saturated carbocycles. The van der Waals surface area contributed by atoms with Crippen LogP contribution in [0.5, 0.6) is 0 Å².